The zero-order chi connectivity index (χ0) is 13.8. The summed E-state index contributed by atoms with van der Waals surface area (Å²) in [6.07, 6.45) is 1.27. The molecule has 0 fully saturated rings. The van der Waals surface area contributed by atoms with E-state index in [9.17, 15) is 5.11 Å². The molecule has 1 aromatic carbocycles. The van der Waals surface area contributed by atoms with Crippen LogP contribution in [0.4, 0.5) is 0 Å². The Morgan fingerprint density at radius 2 is 1.79 bits per heavy atom. The van der Waals surface area contributed by atoms with Crippen LogP contribution in [0.5, 0.6) is 0 Å². The van der Waals surface area contributed by atoms with Gasteiger partial charge in [0, 0.05) is 0 Å². The van der Waals surface area contributed by atoms with E-state index in [-0.39, 0.29) is 0 Å². The van der Waals surface area contributed by atoms with Gasteiger partial charge >= 0.3 is 0 Å². The molecular weight excluding hydrogens is 256 g/mol. The molecule has 0 radical (unpaired) electrons. The van der Waals surface area contributed by atoms with E-state index in [1.54, 1.807) is 0 Å². The zero-order valence-corrected chi connectivity index (χ0v) is 12.4. The van der Waals surface area contributed by atoms with Crippen molar-refractivity contribution in [3.8, 4) is 0 Å². The molecule has 0 saturated carbocycles. The van der Waals surface area contributed by atoms with Crippen LogP contribution in [0, 0.1) is 0 Å². The second-order valence-electron chi connectivity index (χ2n) is 5.06. The Labute approximate surface area is 118 Å². The number of benzene rings is 1. The largest absolute Gasteiger partial charge is 0.383 e. The van der Waals surface area contributed by atoms with Crippen molar-refractivity contribution in [2.45, 2.75) is 45.6 Å². The molecule has 2 aromatic rings. The van der Waals surface area contributed by atoms with Crippen molar-refractivity contribution in [2.24, 2.45) is 0 Å². The van der Waals surface area contributed by atoms with Crippen molar-refractivity contribution in [2.75, 3.05) is 0 Å². The van der Waals surface area contributed by atoms with Gasteiger partial charge in [0.2, 0.25) is 0 Å². The zero-order valence-electron chi connectivity index (χ0n) is 11.6. The van der Waals surface area contributed by atoms with Gasteiger partial charge in [-0.05, 0) is 35.0 Å². The lowest BCUT2D eigenvalue weighted by Gasteiger charge is -2.12. The molecule has 2 rings (SSSR count). The first-order valence-corrected chi connectivity index (χ1v) is 7.49. The van der Waals surface area contributed by atoms with Gasteiger partial charge in [0.15, 0.2) is 0 Å². The summed E-state index contributed by atoms with van der Waals surface area (Å²) in [5.74, 6) is 0.506. The van der Waals surface area contributed by atoms with Crippen LogP contribution in [0.15, 0.2) is 24.3 Å². The summed E-state index contributed by atoms with van der Waals surface area (Å²) in [6.45, 7) is 6.43. The Balaban J connectivity index is 2.23. The molecule has 1 atom stereocenters. The van der Waals surface area contributed by atoms with E-state index in [4.69, 9.17) is 0 Å². The van der Waals surface area contributed by atoms with Crippen LogP contribution in [0.1, 0.15) is 60.9 Å². The summed E-state index contributed by atoms with van der Waals surface area (Å²) in [7, 11) is 0. The first kappa shape index (κ1) is 14.2. The topological polar surface area (TPSA) is 46.0 Å². The van der Waals surface area contributed by atoms with Gasteiger partial charge in [-0.2, -0.15) is 0 Å². The van der Waals surface area contributed by atoms with Crippen molar-refractivity contribution in [1.29, 1.82) is 0 Å². The Morgan fingerprint density at radius 1 is 1.16 bits per heavy atom. The van der Waals surface area contributed by atoms with Crippen LogP contribution >= 0.6 is 11.5 Å². The number of aliphatic hydroxyl groups is 1. The van der Waals surface area contributed by atoms with E-state index in [1.165, 1.54) is 17.1 Å². The smallest absolute Gasteiger partial charge is 0.117 e. The van der Waals surface area contributed by atoms with E-state index in [2.05, 4.69) is 42.5 Å². The number of rotatable bonds is 5. The Hall–Kier alpha value is -1.26. The number of aliphatic hydroxyl groups excluding tert-OH is 1. The summed E-state index contributed by atoms with van der Waals surface area (Å²) < 4.78 is 3.96. The lowest BCUT2D eigenvalue weighted by molar-refractivity contribution is 0.222. The highest BCUT2D eigenvalue weighted by molar-refractivity contribution is 7.05. The van der Waals surface area contributed by atoms with Crippen LogP contribution in [0.3, 0.4) is 0 Å². The molecule has 0 aliphatic rings. The SMILES string of the molecule is CCCc1nnsc1C(O)c1ccc(C(C)C)cc1. The molecule has 4 heteroatoms. The second-order valence-corrected chi connectivity index (χ2v) is 5.84. The maximum atomic E-state index is 10.4. The number of aromatic nitrogens is 2. The minimum atomic E-state index is -0.609. The molecule has 3 nitrogen and oxygen atoms in total. The van der Waals surface area contributed by atoms with E-state index in [0.29, 0.717) is 5.92 Å². The summed E-state index contributed by atoms with van der Waals surface area (Å²) in [6, 6.07) is 8.15. The van der Waals surface area contributed by atoms with Gasteiger partial charge in [0.1, 0.15) is 6.10 Å². The Kier molecular flexibility index (Phi) is 4.66. The first-order valence-electron chi connectivity index (χ1n) is 6.72. The van der Waals surface area contributed by atoms with E-state index in [1.807, 2.05) is 12.1 Å². The molecule has 0 aliphatic carbocycles. The van der Waals surface area contributed by atoms with E-state index < -0.39 is 6.10 Å². The van der Waals surface area contributed by atoms with Crippen molar-refractivity contribution in [1.82, 2.24) is 9.59 Å². The molecule has 102 valence electrons. The highest BCUT2D eigenvalue weighted by Gasteiger charge is 2.18. The standard InChI is InChI=1S/C15H20N2OS/c1-4-5-13-15(19-17-16-13)14(18)12-8-6-11(7-9-12)10(2)3/h6-10,14,18H,4-5H2,1-3H3. The van der Waals surface area contributed by atoms with E-state index in [0.717, 1.165) is 29.0 Å². The monoisotopic (exact) mass is 276 g/mol. The van der Waals surface area contributed by atoms with Crippen LogP contribution in [0.2, 0.25) is 0 Å². The highest BCUT2D eigenvalue weighted by Crippen LogP contribution is 2.28. The third-order valence-corrected chi connectivity index (χ3v) is 4.06. The Morgan fingerprint density at radius 3 is 2.37 bits per heavy atom. The molecule has 0 bridgehead atoms. The quantitative estimate of drug-likeness (QED) is 0.905. The van der Waals surface area contributed by atoms with Crippen LogP contribution in [-0.2, 0) is 6.42 Å². The van der Waals surface area contributed by atoms with Gasteiger partial charge in [-0.15, -0.1) is 5.10 Å². The molecule has 0 spiro atoms. The lowest BCUT2D eigenvalue weighted by Crippen LogP contribution is -2.02. The van der Waals surface area contributed by atoms with Gasteiger partial charge in [-0.3, -0.25) is 0 Å². The summed E-state index contributed by atoms with van der Waals surface area (Å²) >= 11 is 1.29. The van der Waals surface area contributed by atoms with Crippen molar-refractivity contribution in [3.05, 3.63) is 46.0 Å². The predicted molar refractivity (Wildman–Crippen MR) is 78.5 cm³/mol. The second kappa shape index (κ2) is 6.26. The fraction of sp³-hybridized carbons (Fsp3) is 0.467. The summed E-state index contributed by atoms with van der Waals surface area (Å²) in [5, 5.41) is 14.6. The van der Waals surface area contributed by atoms with Gasteiger partial charge in [-0.25, -0.2) is 0 Å². The minimum absolute atomic E-state index is 0.506. The highest BCUT2D eigenvalue weighted by atomic mass is 32.1. The maximum Gasteiger partial charge on any atom is 0.117 e. The molecule has 1 aromatic heterocycles. The predicted octanol–water partition coefficient (Wildman–Crippen LogP) is 3.70. The van der Waals surface area contributed by atoms with Gasteiger partial charge in [0.25, 0.3) is 0 Å². The molecular formula is C15H20N2OS. The average Bonchev–Trinajstić information content (AvgIpc) is 2.87. The fourth-order valence-corrected chi connectivity index (χ4v) is 2.76. The number of aryl methyl sites for hydroxylation is 1. The third kappa shape index (κ3) is 3.19. The van der Waals surface area contributed by atoms with Crippen LogP contribution < -0.4 is 0 Å². The molecule has 0 amide bonds. The van der Waals surface area contributed by atoms with E-state index >= 15 is 0 Å². The maximum absolute atomic E-state index is 10.4. The van der Waals surface area contributed by atoms with Crippen molar-refractivity contribution in [3.63, 3.8) is 0 Å². The minimum Gasteiger partial charge on any atom is -0.383 e. The molecule has 19 heavy (non-hydrogen) atoms. The first-order chi connectivity index (χ1) is 9.13. The van der Waals surface area contributed by atoms with Gasteiger partial charge in [0.05, 0.1) is 10.6 Å². The third-order valence-electron chi connectivity index (χ3n) is 3.24. The van der Waals surface area contributed by atoms with Crippen molar-refractivity contribution >= 4 is 11.5 Å². The molecule has 0 aliphatic heterocycles. The number of hydrogen-bond acceptors (Lipinski definition) is 4. The lowest BCUT2D eigenvalue weighted by atomic mass is 9.99. The summed E-state index contributed by atoms with van der Waals surface area (Å²) in [4.78, 5) is 0.874. The molecule has 0 saturated heterocycles. The normalized spacial score (nSPS) is 12.9. The fourth-order valence-electron chi connectivity index (χ4n) is 2.05. The molecule has 1 N–H and O–H groups in total. The number of nitrogens with zero attached hydrogens (tertiary/aromatic N) is 2. The summed E-state index contributed by atoms with van der Waals surface area (Å²) in [5.41, 5.74) is 3.12. The van der Waals surface area contributed by atoms with Crippen LogP contribution in [0.25, 0.3) is 0 Å². The van der Waals surface area contributed by atoms with Crippen LogP contribution in [-0.4, -0.2) is 14.7 Å². The van der Waals surface area contributed by atoms with Gasteiger partial charge in [-0.1, -0.05) is 55.9 Å². The van der Waals surface area contributed by atoms with Crippen molar-refractivity contribution < 1.29 is 5.11 Å². The molecule has 1 heterocycles. The molecule has 1 unspecified atom stereocenters. The average molecular weight is 276 g/mol. The van der Waals surface area contributed by atoms with Gasteiger partial charge < -0.3 is 5.11 Å². The Bertz CT molecular complexity index is 519. The number of hydrogen-bond donors (Lipinski definition) is 1.